The number of nitrogens with zero attached hydrogens (tertiary/aromatic N) is 2. The molecule has 0 bridgehead atoms. The van der Waals surface area contributed by atoms with Crippen LogP contribution in [0.2, 0.25) is 5.02 Å². The number of halogens is 2. The molecule has 3 aromatic rings. The average molecular weight is 391 g/mol. The molecular formula is C18H16ClFN4OS. The monoisotopic (exact) mass is 390 g/mol. The van der Waals surface area contributed by atoms with Crippen molar-refractivity contribution in [2.24, 2.45) is 0 Å². The zero-order valence-corrected chi connectivity index (χ0v) is 15.3. The van der Waals surface area contributed by atoms with Gasteiger partial charge in [-0.3, -0.25) is 14.6 Å². The van der Waals surface area contributed by atoms with Crippen LogP contribution < -0.4 is 5.32 Å². The first-order chi connectivity index (χ1) is 12.6. The quantitative estimate of drug-likeness (QED) is 0.625. The topological polar surface area (TPSA) is 62.7 Å². The zero-order valence-electron chi connectivity index (χ0n) is 13.7. The molecule has 1 aromatic heterocycles. The van der Waals surface area contributed by atoms with Crippen molar-refractivity contribution in [2.75, 3.05) is 13.2 Å². The highest BCUT2D eigenvalue weighted by Crippen LogP contribution is 2.24. The first-order valence-corrected chi connectivity index (χ1v) is 8.72. The first-order valence-electron chi connectivity index (χ1n) is 7.94. The molecular weight excluding hydrogens is 375 g/mol. The molecule has 1 heterocycles. The van der Waals surface area contributed by atoms with Crippen LogP contribution in [0.5, 0.6) is 0 Å². The Bertz CT molecular complexity index is 985. The second-order valence-corrected chi connectivity index (χ2v) is 6.30. The van der Waals surface area contributed by atoms with Gasteiger partial charge < -0.3 is 5.32 Å². The van der Waals surface area contributed by atoms with Gasteiger partial charge in [-0.05, 0) is 36.0 Å². The van der Waals surface area contributed by atoms with Gasteiger partial charge in [-0.25, -0.2) is 4.39 Å². The van der Waals surface area contributed by atoms with Gasteiger partial charge in [-0.2, -0.15) is 4.98 Å². The van der Waals surface area contributed by atoms with E-state index in [1.165, 1.54) is 0 Å². The fraction of sp³-hybridized carbons (Fsp3) is 0.167. The molecule has 1 amide bonds. The molecule has 2 aromatic carbocycles. The van der Waals surface area contributed by atoms with Gasteiger partial charge in [0.15, 0.2) is 5.82 Å². The normalized spacial score (nSPS) is 10.7. The molecule has 0 unspecified atom stereocenters. The number of alkyl halides is 1. The van der Waals surface area contributed by atoms with Crippen LogP contribution in [0.25, 0.3) is 11.4 Å². The number of nitrogens with one attached hydrogen (secondary N) is 2. The summed E-state index contributed by atoms with van der Waals surface area (Å²) < 4.78 is 14.3. The summed E-state index contributed by atoms with van der Waals surface area (Å²) in [5.41, 5.74) is 1.96. The Morgan fingerprint density at radius 3 is 2.73 bits per heavy atom. The molecule has 0 aliphatic carbocycles. The van der Waals surface area contributed by atoms with E-state index in [2.05, 4.69) is 15.4 Å². The van der Waals surface area contributed by atoms with Gasteiger partial charge in [0.1, 0.15) is 6.67 Å². The van der Waals surface area contributed by atoms with Crippen molar-refractivity contribution < 1.29 is 9.18 Å². The minimum atomic E-state index is -0.610. The smallest absolute Gasteiger partial charge is 0.251 e. The Morgan fingerprint density at radius 2 is 1.96 bits per heavy atom. The molecule has 8 heteroatoms. The molecule has 0 saturated carbocycles. The largest absolute Gasteiger partial charge is 0.349 e. The molecule has 0 saturated heterocycles. The predicted octanol–water partition coefficient (Wildman–Crippen LogP) is 4.01. The van der Waals surface area contributed by atoms with Crippen LogP contribution in [0.4, 0.5) is 4.39 Å². The van der Waals surface area contributed by atoms with Crippen LogP contribution in [0, 0.1) is 4.77 Å². The number of amides is 1. The zero-order chi connectivity index (χ0) is 18.5. The van der Waals surface area contributed by atoms with E-state index in [4.69, 9.17) is 23.8 Å². The lowest BCUT2D eigenvalue weighted by molar-refractivity contribution is 0.0949. The minimum absolute atomic E-state index is 0.0205. The number of aromatic nitrogens is 3. The number of aromatic amines is 1. The maximum absolute atomic E-state index is 12.3. The van der Waals surface area contributed by atoms with E-state index in [-0.39, 0.29) is 12.5 Å². The van der Waals surface area contributed by atoms with Gasteiger partial charge in [-0.15, -0.1) is 0 Å². The third-order valence-electron chi connectivity index (χ3n) is 3.78. The van der Waals surface area contributed by atoms with Gasteiger partial charge in [0, 0.05) is 17.7 Å². The molecule has 0 spiro atoms. The van der Waals surface area contributed by atoms with Gasteiger partial charge in [0.25, 0.3) is 5.91 Å². The molecule has 5 nitrogen and oxygen atoms in total. The van der Waals surface area contributed by atoms with Gasteiger partial charge >= 0.3 is 0 Å². The summed E-state index contributed by atoms with van der Waals surface area (Å²) >= 11 is 11.5. The molecule has 0 aliphatic rings. The number of rotatable bonds is 6. The number of benzene rings is 2. The van der Waals surface area contributed by atoms with Gasteiger partial charge in [0.05, 0.1) is 11.6 Å². The Balaban J connectivity index is 1.90. The summed E-state index contributed by atoms with van der Waals surface area (Å²) in [5, 5.41) is 6.22. The van der Waals surface area contributed by atoms with E-state index in [1.54, 1.807) is 22.9 Å². The van der Waals surface area contributed by atoms with Crippen LogP contribution in [-0.2, 0) is 6.54 Å². The van der Waals surface area contributed by atoms with Gasteiger partial charge in [0.2, 0.25) is 4.77 Å². The van der Waals surface area contributed by atoms with Crippen LogP contribution in [-0.4, -0.2) is 33.9 Å². The molecule has 0 radical (unpaired) electrons. The van der Waals surface area contributed by atoms with Crippen LogP contribution in [0.3, 0.4) is 0 Å². The highest BCUT2D eigenvalue weighted by Gasteiger charge is 2.13. The van der Waals surface area contributed by atoms with Crippen molar-refractivity contribution >= 4 is 29.7 Å². The molecule has 0 fully saturated rings. The van der Waals surface area contributed by atoms with Crippen molar-refractivity contribution in [3.8, 4) is 11.4 Å². The summed E-state index contributed by atoms with van der Waals surface area (Å²) in [7, 11) is 0. The Labute approximate surface area is 159 Å². The van der Waals surface area contributed by atoms with E-state index in [0.717, 1.165) is 11.1 Å². The second-order valence-electron chi connectivity index (χ2n) is 5.52. The maximum Gasteiger partial charge on any atom is 0.251 e. The van der Waals surface area contributed by atoms with Crippen molar-refractivity contribution in [2.45, 2.75) is 6.54 Å². The molecule has 134 valence electrons. The van der Waals surface area contributed by atoms with Crippen molar-refractivity contribution in [3.05, 3.63) is 69.5 Å². The standard InChI is InChI=1S/C18H16ClFN4OS/c19-15-8-4-3-7-14(15)16-22-18(26)24(23-16)11-12-5-1-2-6-13(12)17(25)21-10-9-20/h1-8H,9-11H2,(H,21,25)(H,22,23,26). The summed E-state index contributed by atoms with van der Waals surface area (Å²) in [4.78, 5) is 16.6. The SMILES string of the molecule is O=C(NCCF)c1ccccc1Cn1[nH]c(-c2ccccc2Cl)nc1=S. The lowest BCUT2D eigenvalue weighted by Crippen LogP contribution is -2.26. The number of hydrogen-bond acceptors (Lipinski definition) is 3. The third-order valence-corrected chi connectivity index (χ3v) is 4.42. The average Bonchev–Trinajstić information content (AvgIpc) is 3.01. The van der Waals surface area contributed by atoms with E-state index in [9.17, 15) is 9.18 Å². The van der Waals surface area contributed by atoms with Crippen molar-refractivity contribution in [1.29, 1.82) is 0 Å². The van der Waals surface area contributed by atoms with Crippen LogP contribution >= 0.6 is 23.8 Å². The minimum Gasteiger partial charge on any atom is -0.349 e. The molecule has 26 heavy (non-hydrogen) atoms. The van der Waals surface area contributed by atoms with Crippen LogP contribution in [0.15, 0.2) is 48.5 Å². The fourth-order valence-electron chi connectivity index (χ4n) is 2.54. The maximum atomic E-state index is 12.3. The number of carbonyl (C=O) groups excluding carboxylic acids is 1. The van der Waals surface area contributed by atoms with E-state index >= 15 is 0 Å². The van der Waals surface area contributed by atoms with Crippen molar-refractivity contribution in [3.63, 3.8) is 0 Å². The lowest BCUT2D eigenvalue weighted by Gasteiger charge is -2.10. The number of carbonyl (C=O) groups is 1. The lowest BCUT2D eigenvalue weighted by atomic mass is 10.1. The molecule has 0 aliphatic heterocycles. The summed E-state index contributed by atoms with van der Waals surface area (Å²) in [6.45, 7) is -0.302. The Kier molecular flexibility index (Phi) is 5.80. The summed E-state index contributed by atoms with van der Waals surface area (Å²) in [6, 6.07) is 14.4. The van der Waals surface area contributed by atoms with Gasteiger partial charge in [-0.1, -0.05) is 41.9 Å². The summed E-state index contributed by atoms with van der Waals surface area (Å²) in [5.74, 6) is 0.232. The second kappa shape index (κ2) is 8.25. The van der Waals surface area contributed by atoms with Crippen molar-refractivity contribution in [1.82, 2.24) is 20.1 Å². The summed E-state index contributed by atoms with van der Waals surface area (Å²) in [6.07, 6.45) is 0. The first kappa shape index (κ1) is 18.3. The molecule has 0 atom stereocenters. The highest BCUT2D eigenvalue weighted by molar-refractivity contribution is 7.71. The number of H-pyrrole nitrogens is 1. The van der Waals surface area contributed by atoms with E-state index in [0.29, 0.717) is 27.7 Å². The molecule has 3 rings (SSSR count). The van der Waals surface area contributed by atoms with E-state index in [1.807, 2.05) is 30.3 Å². The fourth-order valence-corrected chi connectivity index (χ4v) is 2.97. The predicted molar refractivity (Wildman–Crippen MR) is 102 cm³/mol. The Morgan fingerprint density at radius 1 is 1.23 bits per heavy atom. The number of hydrogen-bond donors (Lipinski definition) is 2. The highest BCUT2D eigenvalue weighted by atomic mass is 35.5. The van der Waals surface area contributed by atoms with E-state index < -0.39 is 6.67 Å². The Hall–Kier alpha value is -2.51. The van der Waals surface area contributed by atoms with Crippen LogP contribution in [0.1, 0.15) is 15.9 Å². The molecule has 2 N–H and O–H groups in total. The third kappa shape index (κ3) is 4.00.